The quantitative estimate of drug-likeness (QED) is 0.392. The predicted octanol–water partition coefficient (Wildman–Crippen LogP) is 5.18. The zero-order chi connectivity index (χ0) is 20.6. The molecule has 28 heavy (non-hydrogen) atoms. The van der Waals surface area contributed by atoms with Crippen LogP contribution in [0.4, 0.5) is 13.2 Å². The number of amides is 1. The molecule has 0 aliphatic carbocycles. The Morgan fingerprint density at radius 2 is 1.79 bits per heavy atom. The third-order valence-electron chi connectivity index (χ3n) is 5.41. The number of halogens is 3. The fraction of sp³-hybridized carbons (Fsp3) is 0.750. The maximum Gasteiger partial charge on any atom is 0.389 e. The monoisotopic (exact) mass is 419 g/mol. The number of carbonyl (C=O) groups is 1. The number of unbranched alkanes of at least 4 members (excludes halogenated alkanes) is 5. The Kier molecular flexibility index (Phi) is 8.74. The Bertz CT molecular complexity index is 608. The van der Waals surface area contributed by atoms with E-state index in [1.807, 2.05) is 12.3 Å². The molecular weight excluding hydrogens is 387 g/mol. The van der Waals surface area contributed by atoms with Gasteiger partial charge in [-0.15, -0.1) is 0 Å². The highest BCUT2D eigenvalue weighted by atomic mass is 32.2. The minimum atomic E-state index is -4.03. The van der Waals surface area contributed by atoms with Crippen molar-refractivity contribution in [2.75, 3.05) is 13.1 Å². The van der Waals surface area contributed by atoms with Crippen LogP contribution in [-0.4, -0.2) is 46.2 Å². The standard InChI is InChI=1S/C20H32F3N3OS/c1-3-28(4-2)26-15-13-19(14-16-26)18(27)24-17(25-19)11-9-7-5-6-8-10-12-20(21,22)23/h3-4H,1,5-16H2,2H3,(H,24,25,27). The molecule has 2 aliphatic rings. The third-order valence-corrected chi connectivity index (χ3v) is 7.20. The van der Waals surface area contributed by atoms with Crippen molar-refractivity contribution in [1.29, 1.82) is 0 Å². The number of hydrogen-bond acceptors (Lipinski definition) is 3. The Morgan fingerprint density at radius 3 is 2.36 bits per heavy atom. The average Bonchev–Trinajstić information content (AvgIpc) is 2.94. The molecule has 0 saturated carbocycles. The largest absolute Gasteiger partial charge is 0.389 e. The summed E-state index contributed by atoms with van der Waals surface area (Å²) in [4.78, 5) is 17.3. The summed E-state index contributed by atoms with van der Waals surface area (Å²) in [6.07, 6.45) is 1.94. The summed E-state index contributed by atoms with van der Waals surface area (Å²) in [7, 11) is -0.0469. The number of aliphatic imine (C=N–C) groups is 1. The normalized spacial score (nSPS) is 21.0. The Labute approximate surface area is 168 Å². The van der Waals surface area contributed by atoms with Crippen molar-refractivity contribution in [3.05, 3.63) is 12.0 Å². The topological polar surface area (TPSA) is 44.7 Å². The SMILES string of the molecule is C=C/S(=C/C)N1CCC2(CC1)N=C(CCCCCCCCC(F)(F)F)NC2=O. The third kappa shape index (κ3) is 6.72. The summed E-state index contributed by atoms with van der Waals surface area (Å²) in [6, 6.07) is 0. The minimum absolute atomic E-state index is 0.0215. The highest BCUT2D eigenvalue weighted by Crippen LogP contribution is 2.35. The summed E-state index contributed by atoms with van der Waals surface area (Å²) >= 11 is 0. The lowest BCUT2D eigenvalue weighted by Gasteiger charge is -2.36. The van der Waals surface area contributed by atoms with Gasteiger partial charge in [0.05, 0.1) is 0 Å². The summed E-state index contributed by atoms with van der Waals surface area (Å²) in [6.45, 7) is 7.58. The van der Waals surface area contributed by atoms with Gasteiger partial charge in [-0.2, -0.15) is 13.2 Å². The van der Waals surface area contributed by atoms with E-state index in [1.165, 1.54) is 0 Å². The van der Waals surface area contributed by atoms with Gasteiger partial charge in [-0.05, 0) is 43.4 Å². The van der Waals surface area contributed by atoms with Crippen LogP contribution in [0.25, 0.3) is 0 Å². The van der Waals surface area contributed by atoms with Gasteiger partial charge in [0.1, 0.15) is 11.4 Å². The van der Waals surface area contributed by atoms with Crippen LogP contribution in [0.15, 0.2) is 17.0 Å². The Balaban J connectivity index is 1.68. The number of alkyl halides is 3. The van der Waals surface area contributed by atoms with Crippen LogP contribution in [0, 0.1) is 0 Å². The van der Waals surface area contributed by atoms with Crippen LogP contribution < -0.4 is 5.32 Å². The minimum Gasteiger partial charge on any atom is -0.312 e. The van der Waals surface area contributed by atoms with Crippen LogP contribution in [-0.2, 0) is 4.79 Å². The molecule has 2 heterocycles. The van der Waals surface area contributed by atoms with Crippen LogP contribution in [0.2, 0.25) is 0 Å². The summed E-state index contributed by atoms with van der Waals surface area (Å²) < 4.78 is 38.6. The molecule has 4 nitrogen and oxygen atoms in total. The van der Waals surface area contributed by atoms with Gasteiger partial charge in [0.2, 0.25) is 0 Å². The molecule has 0 bridgehead atoms. The van der Waals surface area contributed by atoms with Crippen molar-refractivity contribution in [3.8, 4) is 0 Å². The highest BCUT2D eigenvalue weighted by Gasteiger charge is 2.45. The summed E-state index contributed by atoms with van der Waals surface area (Å²) in [5.41, 5.74) is -0.604. The molecule has 1 atom stereocenters. The first-order valence-electron chi connectivity index (χ1n) is 10.2. The second-order valence-electron chi connectivity index (χ2n) is 7.46. The van der Waals surface area contributed by atoms with Crippen molar-refractivity contribution >= 4 is 27.8 Å². The zero-order valence-electron chi connectivity index (χ0n) is 16.7. The van der Waals surface area contributed by atoms with E-state index in [0.29, 0.717) is 6.42 Å². The van der Waals surface area contributed by atoms with Crippen molar-refractivity contribution in [2.45, 2.75) is 82.8 Å². The van der Waals surface area contributed by atoms with Crippen LogP contribution in [0.3, 0.4) is 0 Å². The second kappa shape index (κ2) is 10.6. The Morgan fingerprint density at radius 1 is 1.18 bits per heavy atom. The fourth-order valence-corrected chi connectivity index (χ4v) is 5.09. The van der Waals surface area contributed by atoms with E-state index >= 15 is 0 Å². The molecular formula is C20H32F3N3OS. The first-order valence-corrected chi connectivity index (χ1v) is 11.5. The lowest BCUT2D eigenvalue weighted by atomic mass is 9.89. The van der Waals surface area contributed by atoms with Crippen LogP contribution in [0.5, 0.6) is 0 Å². The summed E-state index contributed by atoms with van der Waals surface area (Å²) in [5, 5.41) is 7.04. The van der Waals surface area contributed by atoms with Crippen molar-refractivity contribution in [3.63, 3.8) is 0 Å². The van der Waals surface area contributed by atoms with E-state index in [9.17, 15) is 18.0 Å². The lowest BCUT2D eigenvalue weighted by molar-refractivity contribution is -0.135. The van der Waals surface area contributed by atoms with Crippen LogP contribution >= 0.6 is 10.7 Å². The van der Waals surface area contributed by atoms with E-state index < -0.39 is 18.1 Å². The predicted molar refractivity (Wildman–Crippen MR) is 112 cm³/mol. The first-order chi connectivity index (χ1) is 13.3. The van der Waals surface area contributed by atoms with Gasteiger partial charge in [-0.1, -0.05) is 42.9 Å². The molecule has 1 N–H and O–H groups in total. The molecule has 0 aromatic heterocycles. The van der Waals surface area contributed by atoms with Crippen molar-refractivity contribution in [2.24, 2.45) is 4.99 Å². The molecule has 1 amide bonds. The average molecular weight is 420 g/mol. The molecule has 0 aromatic rings. The number of amidine groups is 1. The maximum absolute atomic E-state index is 12.5. The van der Waals surface area contributed by atoms with Crippen molar-refractivity contribution in [1.82, 2.24) is 9.62 Å². The Hall–Kier alpha value is -1.15. The van der Waals surface area contributed by atoms with Gasteiger partial charge >= 0.3 is 6.18 Å². The second-order valence-corrected chi connectivity index (χ2v) is 9.47. The molecule has 2 aliphatic heterocycles. The summed E-state index contributed by atoms with van der Waals surface area (Å²) in [5.74, 6) is 0.800. The van der Waals surface area contributed by atoms with Gasteiger partial charge in [-0.3, -0.25) is 14.1 Å². The molecule has 160 valence electrons. The van der Waals surface area contributed by atoms with E-state index in [-0.39, 0.29) is 23.0 Å². The van der Waals surface area contributed by atoms with E-state index in [1.54, 1.807) is 0 Å². The van der Waals surface area contributed by atoms with Gasteiger partial charge in [0, 0.05) is 25.9 Å². The number of rotatable bonds is 10. The molecule has 1 spiro atoms. The molecule has 2 rings (SSSR count). The number of nitrogens with one attached hydrogen (secondary N) is 1. The van der Waals surface area contributed by atoms with Crippen molar-refractivity contribution < 1.29 is 18.0 Å². The molecule has 8 heteroatoms. The van der Waals surface area contributed by atoms with E-state index in [4.69, 9.17) is 4.99 Å². The van der Waals surface area contributed by atoms with Gasteiger partial charge in [-0.25, -0.2) is 0 Å². The van der Waals surface area contributed by atoms with Gasteiger partial charge < -0.3 is 5.32 Å². The van der Waals surface area contributed by atoms with E-state index in [2.05, 4.69) is 21.6 Å². The number of hydrogen-bond donors (Lipinski definition) is 1. The molecule has 0 radical (unpaired) electrons. The van der Waals surface area contributed by atoms with Crippen LogP contribution in [0.1, 0.15) is 71.1 Å². The van der Waals surface area contributed by atoms with Gasteiger partial charge in [0.15, 0.2) is 0 Å². The molecule has 1 saturated heterocycles. The van der Waals surface area contributed by atoms with Gasteiger partial charge in [0.25, 0.3) is 5.91 Å². The number of piperidine rings is 1. The van der Waals surface area contributed by atoms with E-state index in [0.717, 1.165) is 63.9 Å². The lowest BCUT2D eigenvalue weighted by Crippen LogP contribution is -2.47. The fourth-order valence-electron chi connectivity index (χ4n) is 3.78. The number of carbonyl (C=O) groups excluding carboxylic acids is 1. The highest BCUT2D eigenvalue weighted by molar-refractivity contribution is 8.15. The smallest absolute Gasteiger partial charge is 0.312 e. The zero-order valence-corrected chi connectivity index (χ0v) is 17.5. The number of nitrogens with zero attached hydrogens (tertiary/aromatic N) is 2. The molecule has 1 unspecified atom stereocenters. The molecule has 1 fully saturated rings. The molecule has 0 aromatic carbocycles. The maximum atomic E-state index is 12.5. The first kappa shape index (κ1) is 23.1.